The number of fused-ring (bicyclic) bond motifs is 1. The van der Waals surface area contributed by atoms with Crippen molar-refractivity contribution >= 4 is 11.9 Å². The number of aliphatic carboxylic acids is 1. The Kier molecular flexibility index (Phi) is 4.19. The normalized spacial score (nSPS) is 16.7. The quantitative estimate of drug-likeness (QED) is 0.675. The zero-order valence-electron chi connectivity index (χ0n) is 12.8. The summed E-state index contributed by atoms with van der Waals surface area (Å²) in [5.74, 6) is -4.06. The summed E-state index contributed by atoms with van der Waals surface area (Å²) in [7, 11) is 0. The number of alkyl halides is 2. The van der Waals surface area contributed by atoms with Gasteiger partial charge in [0.1, 0.15) is 5.60 Å². The number of carboxylic acids is 1. The minimum absolute atomic E-state index is 0.150. The van der Waals surface area contributed by atoms with Gasteiger partial charge in [0.15, 0.2) is 17.4 Å². The van der Waals surface area contributed by atoms with Crippen molar-refractivity contribution in [1.82, 2.24) is 0 Å². The average molecular weight is 330 g/mol. The second-order valence-electron chi connectivity index (χ2n) is 6.08. The van der Waals surface area contributed by atoms with Gasteiger partial charge in [0.05, 0.1) is 0 Å². The van der Waals surface area contributed by atoms with E-state index in [1.54, 1.807) is 20.8 Å². The van der Waals surface area contributed by atoms with E-state index in [2.05, 4.69) is 9.47 Å². The summed E-state index contributed by atoms with van der Waals surface area (Å²) in [6.07, 6.45) is -3.97. The maximum absolute atomic E-state index is 13.0. The fourth-order valence-electron chi connectivity index (χ4n) is 2.00. The highest BCUT2D eigenvalue weighted by molar-refractivity contribution is 5.94. The van der Waals surface area contributed by atoms with Gasteiger partial charge in [-0.1, -0.05) is 6.07 Å². The highest BCUT2D eigenvalue weighted by Gasteiger charge is 2.43. The number of rotatable bonds is 4. The average Bonchev–Trinajstić information content (AvgIpc) is 2.66. The molecule has 0 aromatic heterocycles. The van der Waals surface area contributed by atoms with Crippen molar-refractivity contribution in [2.75, 3.05) is 0 Å². The summed E-state index contributed by atoms with van der Waals surface area (Å²) in [5, 5.41) is 9.20. The Labute approximate surface area is 130 Å². The molecule has 8 heteroatoms. The minimum atomic E-state index is -3.75. The van der Waals surface area contributed by atoms with Crippen LogP contribution in [0.2, 0.25) is 0 Å². The van der Waals surface area contributed by atoms with Gasteiger partial charge < -0.3 is 19.3 Å². The first-order valence-electron chi connectivity index (χ1n) is 6.81. The molecule has 1 aromatic rings. The summed E-state index contributed by atoms with van der Waals surface area (Å²) in [6.45, 7) is 4.85. The summed E-state index contributed by atoms with van der Waals surface area (Å²) in [4.78, 5) is 23.3. The van der Waals surface area contributed by atoms with Gasteiger partial charge in [0.2, 0.25) is 0 Å². The predicted octanol–water partition coefficient (Wildman–Crippen LogP) is 2.59. The van der Waals surface area contributed by atoms with Gasteiger partial charge in [-0.25, -0.2) is 0 Å². The third-order valence-electron chi connectivity index (χ3n) is 2.89. The second kappa shape index (κ2) is 5.68. The van der Waals surface area contributed by atoms with E-state index in [9.17, 15) is 23.5 Å². The molecule has 1 aliphatic rings. The number of halogens is 2. The highest BCUT2D eigenvalue weighted by atomic mass is 19.3. The van der Waals surface area contributed by atoms with E-state index >= 15 is 0 Å². The SMILES string of the molecule is CC(C)(C)OC(=O)[C@@H](Cc1ccc2c(c1)OC(F)(F)O2)C(=O)O. The number of hydrogen-bond donors (Lipinski definition) is 1. The summed E-state index contributed by atoms with van der Waals surface area (Å²) in [6, 6.07) is 3.85. The Bertz CT molecular complexity index is 635. The van der Waals surface area contributed by atoms with Gasteiger partial charge in [-0.3, -0.25) is 9.59 Å². The van der Waals surface area contributed by atoms with Gasteiger partial charge in [0, 0.05) is 0 Å². The third kappa shape index (κ3) is 4.30. The number of esters is 1. The molecule has 0 saturated carbocycles. The number of carbonyl (C=O) groups excluding carboxylic acids is 1. The van der Waals surface area contributed by atoms with E-state index < -0.39 is 29.8 Å². The molecule has 0 saturated heterocycles. The Morgan fingerprint density at radius 3 is 2.43 bits per heavy atom. The maximum Gasteiger partial charge on any atom is 0.586 e. The van der Waals surface area contributed by atoms with Crippen LogP contribution in [0.15, 0.2) is 18.2 Å². The first-order chi connectivity index (χ1) is 10.5. The molecule has 0 radical (unpaired) electrons. The molecule has 1 atom stereocenters. The van der Waals surface area contributed by atoms with E-state index in [0.717, 1.165) is 0 Å². The predicted molar refractivity (Wildman–Crippen MR) is 73.3 cm³/mol. The summed E-state index contributed by atoms with van der Waals surface area (Å²) in [5.41, 5.74) is -0.495. The van der Waals surface area contributed by atoms with Crippen LogP contribution in [0.5, 0.6) is 11.5 Å². The van der Waals surface area contributed by atoms with Crippen molar-refractivity contribution in [2.45, 2.75) is 39.1 Å². The molecule has 0 fully saturated rings. The first-order valence-corrected chi connectivity index (χ1v) is 6.81. The lowest BCUT2D eigenvalue weighted by molar-refractivity contribution is -0.286. The van der Waals surface area contributed by atoms with Gasteiger partial charge in [-0.2, -0.15) is 0 Å². The lowest BCUT2D eigenvalue weighted by atomic mass is 9.99. The number of ether oxygens (including phenoxy) is 3. The molecule has 1 aromatic carbocycles. The molecule has 6 nitrogen and oxygen atoms in total. The van der Waals surface area contributed by atoms with Crippen molar-refractivity contribution in [3.63, 3.8) is 0 Å². The van der Waals surface area contributed by atoms with Crippen LogP contribution in [-0.2, 0) is 20.7 Å². The molecule has 0 bridgehead atoms. The zero-order valence-corrected chi connectivity index (χ0v) is 12.8. The Morgan fingerprint density at radius 1 is 1.26 bits per heavy atom. The van der Waals surface area contributed by atoms with Crippen molar-refractivity contribution < 1.29 is 37.7 Å². The van der Waals surface area contributed by atoms with E-state index in [4.69, 9.17) is 4.74 Å². The molecular weight excluding hydrogens is 314 g/mol. The van der Waals surface area contributed by atoms with Gasteiger partial charge in [-0.15, -0.1) is 8.78 Å². The van der Waals surface area contributed by atoms with Crippen LogP contribution in [0.1, 0.15) is 26.3 Å². The van der Waals surface area contributed by atoms with E-state index in [1.165, 1.54) is 18.2 Å². The largest absolute Gasteiger partial charge is 0.586 e. The fourth-order valence-corrected chi connectivity index (χ4v) is 2.00. The lowest BCUT2D eigenvalue weighted by Gasteiger charge is -2.22. The molecule has 0 aliphatic carbocycles. The molecule has 1 heterocycles. The van der Waals surface area contributed by atoms with E-state index in [0.29, 0.717) is 5.56 Å². The van der Waals surface area contributed by atoms with Crippen molar-refractivity contribution in [3.05, 3.63) is 23.8 Å². The molecule has 2 rings (SSSR count). The molecule has 126 valence electrons. The highest BCUT2D eigenvalue weighted by Crippen LogP contribution is 2.41. The fraction of sp³-hybridized carbons (Fsp3) is 0.467. The monoisotopic (exact) mass is 330 g/mol. The molecule has 23 heavy (non-hydrogen) atoms. The first kappa shape index (κ1) is 17.0. The van der Waals surface area contributed by atoms with Crippen LogP contribution in [-0.4, -0.2) is 28.9 Å². The lowest BCUT2D eigenvalue weighted by Crippen LogP contribution is -2.33. The van der Waals surface area contributed by atoms with Crippen molar-refractivity contribution in [2.24, 2.45) is 5.92 Å². The van der Waals surface area contributed by atoms with Crippen molar-refractivity contribution in [3.8, 4) is 11.5 Å². The smallest absolute Gasteiger partial charge is 0.481 e. The number of carboxylic acid groups (broad SMARTS) is 1. The number of hydrogen-bond acceptors (Lipinski definition) is 5. The minimum Gasteiger partial charge on any atom is -0.481 e. The van der Waals surface area contributed by atoms with Crippen LogP contribution in [0.25, 0.3) is 0 Å². The molecule has 0 unspecified atom stereocenters. The van der Waals surface area contributed by atoms with Gasteiger partial charge in [0.25, 0.3) is 0 Å². The Morgan fingerprint density at radius 2 is 1.87 bits per heavy atom. The van der Waals surface area contributed by atoms with Gasteiger partial charge in [-0.05, 0) is 44.9 Å². The van der Waals surface area contributed by atoms with Crippen LogP contribution in [0.3, 0.4) is 0 Å². The molecule has 1 N–H and O–H groups in total. The maximum atomic E-state index is 13.0. The number of benzene rings is 1. The van der Waals surface area contributed by atoms with Crippen LogP contribution < -0.4 is 9.47 Å². The van der Waals surface area contributed by atoms with Crippen LogP contribution >= 0.6 is 0 Å². The van der Waals surface area contributed by atoms with Gasteiger partial charge >= 0.3 is 18.2 Å². The third-order valence-corrected chi connectivity index (χ3v) is 2.89. The van der Waals surface area contributed by atoms with E-state index in [-0.39, 0.29) is 17.9 Å². The Hall–Kier alpha value is -2.38. The zero-order chi connectivity index (χ0) is 17.4. The molecule has 0 spiro atoms. The summed E-state index contributed by atoms with van der Waals surface area (Å²) < 4.78 is 39.5. The summed E-state index contributed by atoms with van der Waals surface area (Å²) >= 11 is 0. The standard InChI is InChI=1S/C15H16F2O6/c1-14(2,3)23-13(20)9(12(18)19)6-8-4-5-10-11(7-8)22-15(16,17)21-10/h4-5,7,9H,6H2,1-3H3,(H,18,19)/t9-/m0/s1. The molecule has 1 aliphatic heterocycles. The Balaban J connectivity index is 2.16. The molecule has 0 amide bonds. The molecular formula is C15H16F2O6. The van der Waals surface area contributed by atoms with Crippen molar-refractivity contribution in [1.29, 1.82) is 0 Å². The number of carbonyl (C=O) groups is 2. The second-order valence-corrected chi connectivity index (χ2v) is 6.08. The van der Waals surface area contributed by atoms with Crippen LogP contribution in [0.4, 0.5) is 8.78 Å². The van der Waals surface area contributed by atoms with E-state index in [1.807, 2.05) is 0 Å². The topological polar surface area (TPSA) is 82.1 Å². The van der Waals surface area contributed by atoms with Crippen LogP contribution in [0, 0.1) is 5.92 Å².